The van der Waals surface area contributed by atoms with E-state index in [1.807, 2.05) is 0 Å². The van der Waals surface area contributed by atoms with Crippen molar-refractivity contribution in [2.75, 3.05) is 7.05 Å². The molecule has 106 valence electrons. The van der Waals surface area contributed by atoms with Gasteiger partial charge in [-0.15, -0.1) is 0 Å². The van der Waals surface area contributed by atoms with Gasteiger partial charge in [0.2, 0.25) is 0 Å². The number of nitrogens with one attached hydrogen (secondary N) is 1. The fourth-order valence-corrected chi connectivity index (χ4v) is 4.85. The standard InChI is InChI=1S/C17H33N/c1-7-12-9-8-10-13(11-12)14(18-6)15-16(2,3)17(15,4)5/h12-15,18H,7-11H2,1-6H3. The van der Waals surface area contributed by atoms with Crippen LogP contribution in [0.15, 0.2) is 0 Å². The zero-order valence-corrected chi connectivity index (χ0v) is 13.3. The third-order valence-corrected chi connectivity index (χ3v) is 6.73. The summed E-state index contributed by atoms with van der Waals surface area (Å²) in [5, 5.41) is 3.69. The van der Waals surface area contributed by atoms with Crippen LogP contribution in [0.25, 0.3) is 0 Å². The largest absolute Gasteiger partial charge is 0.316 e. The molecular weight excluding hydrogens is 218 g/mol. The second kappa shape index (κ2) is 4.81. The number of rotatable bonds is 4. The average molecular weight is 251 g/mol. The Balaban J connectivity index is 2.06. The van der Waals surface area contributed by atoms with Crippen molar-refractivity contribution in [1.82, 2.24) is 5.32 Å². The van der Waals surface area contributed by atoms with Crippen molar-refractivity contribution in [3.05, 3.63) is 0 Å². The monoisotopic (exact) mass is 251 g/mol. The molecule has 2 rings (SSSR count). The lowest BCUT2D eigenvalue weighted by Crippen LogP contribution is -2.40. The summed E-state index contributed by atoms with van der Waals surface area (Å²) in [6.45, 7) is 12.2. The SMILES string of the molecule is CCC1CCCC(C(NC)C2C(C)(C)C2(C)C)C1. The van der Waals surface area contributed by atoms with Gasteiger partial charge in [-0.2, -0.15) is 0 Å². The fraction of sp³-hybridized carbons (Fsp3) is 1.00. The zero-order valence-electron chi connectivity index (χ0n) is 13.3. The van der Waals surface area contributed by atoms with E-state index in [9.17, 15) is 0 Å². The van der Waals surface area contributed by atoms with E-state index in [-0.39, 0.29) is 0 Å². The van der Waals surface area contributed by atoms with Gasteiger partial charge in [-0.25, -0.2) is 0 Å². The van der Waals surface area contributed by atoms with E-state index < -0.39 is 0 Å². The van der Waals surface area contributed by atoms with E-state index in [4.69, 9.17) is 0 Å². The van der Waals surface area contributed by atoms with Crippen LogP contribution in [-0.4, -0.2) is 13.1 Å². The first kappa shape index (κ1) is 14.4. The predicted octanol–water partition coefficient (Wildman–Crippen LogP) is 4.47. The van der Waals surface area contributed by atoms with Gasteiger partial charge in [-0.05, 0) is 48.5 Å². The van der Waals surface area contributed by atoms with Crippen LogP contribution in [0.4, 0.5) is 0 Å². The summed E-state index contributed by atoms with van der Waals surface area (Å²) in [7, 11) is 2.19. The van der Waals surface area contributed by atoms with Crippen molar-refractivity contribution in [3.63, 3.8) is 0 Å². The molecule has 0 spiro atoms. The highest BCUT2D eigenvalue weighted by molar-refractivity contribution is 5.17. The number of hydrogen-bond donors (Lipinski definition) is 1. The van der Waals surface area contributed by atoms with Gasteiger partial charge < -0.3 is 5.32 Å². The Hall–Kier alpha value is -0.0400. The van der Waals surface area contributed by atoms with Gasteiger partial charge >= 0.3 is 0 Å². The first-order valence-electron chi connectivity index (χ1n) is 8.03. The van der Waals surface area contributed by atoms with Crippen molar-refractivity contribution < 1.29 is 0 Å². The molecular formula is C17H33N. The first-order chi connectivity index (χ1) is 8.36. The molecule has 1 N–H and O–H groups in total. The van der Waals surface area contributed by atoms with Crippen LogP contribution < -0.4 is 5.32 Å². The maximum atomic E-state index is 3.69. The predicted molar refractivity (Wildman–Crippen MR) is 79.6 cm³/mol. The van der Waals surface area contributed by atoms with Crippen LogP contribution in [0.5, 0.6) is 0 Å². The Morgan fingerprint density at radius 3 is 2.17 bits per heavy atom. The minimum Gasteiger partial charge on any atom is -0.316 e. The molecule has 1 heteroatoms. The average Bonchev–Trinajstić information content (AvgIpc) is 2.73. The van der Waals surface area contributed by atoms with Gasteiger partial charge in [0.15, 0.2) is 0 Å². The summed E-state index contributed by atoms with van der Waals surface area (Å²) < 4.78 is 0. The van der Waals surface area contributed by atoms with E-state index in [1.165, 1.54) is 32.1 Å². The van der Waals surface area contributed by atoms with E-state index in [1.54, 1.807) is 0 Å². The van der Waals surface area contributed by atoms with Crippen LogP contribution in [0.3, 0.4) is 0 Å². The number of hydrogen-bond acceptors (Lipinski definition) is 1. The Labute approximate surface area is 114 Å². The second-order valence-corrected chi connectivity index (χ2v) is 7.94. The van der Waals surface area contributed by atoms with Gasteiger partial charge in [0.05, 0.1) is 0 Å². The highest BCUT2D eigenvalue weighted by Gasteiger charge is 2.67. The topological polar surface area (TPSA) is 12.0 Å². The van der Waals surface area contributed by atoms with Crippen LogP contribution in [0.1, 0.15) is 66.7 Å². The van der Waals surface area contributed by atoms with E-state index in [0.717, 1.165) is 23.8 Å². The lowest BCUT2D eigenvalue weighted by Gasteiger charge is -2.35. The Morgan fingerprint density at radius 1 is 1.11 bits per heavy atom. The molecule has 0 heterocycles. The molecule has 0 amide bonds. The van der Waals surface area contributed by atoms with Crippen molar-refractivity contribution in [2.24, 2.45) is 28.6 Å². The van der Waals surface area contributed by atoms with Crippen LogP contribution in [0.2, 0.25) is 0 Å². The lowest BCUT2D eigenvalue weighted by molar-refractivity contribution is 0.187. The van der Waals surface area contributed by atoms with Gasteiger partial charge in [-0.3, -0.25) is 0 Å². The molecule has 2 aliphatic rings. The quantitative estimate of drug-likeness (QED) is 0.777. The molecule has 18 heavy (non-hydrogen) atoms. The van der Waals surface area contributed by atoms with E-state index in [2.05, 4.69) is 47.0 Å². The van der Waals surface area contributed by atoms with E-state index >= 15 is 0 Å². The van der Waals surface area contributed by atoms with Gasteiger partial charge in [0.25, 0.3) is 0 Å². The molecule has 0 radical (unpaired) electrons. The highest BCUT2D eigenvalue weighted by atomic mass is 14.9. The Morgan fingerprint density at radius 2 is 1.72 bits per heavy atom. The summed E-state index contributed by atoms with van der Waals surface area (Å²) in [6.07, 6.45) is 7.22. The zero-order chi connectivity index (χ0) is 13.6. The fourth-order valence-electron chi connectivity index (χ4n) is 4.85. The Kier molecular flexibility index (Phi) is 3.84. The summed E-state index contributed by atoms with van der Waals surface area (Å²) in [5.41, 5.74) is 1.03. The highest BCUT2D eigenvalue weighted by Crippen LogP contribution is 2.70. The molecule has 2 fully saturated rings. The summed E-state index contributed by atoms with van der Waals surface area (Å²) in [5.74, 6) is 2.76. The smallest absolute Gasteiger partial charge is 0.0131 e. The van der Waals surface area contributed by atoms with Gasteiger partial charge in [-0.1, -0.05) is 53.9 Å². The third-order valence-electron chi connectivity index (χ3n) is 6.73. The van der Waals surface area contributed by atoms with Crippen molar-refractivity contribution in [1.29, 1.82) is 0 Å². The third kappa shape index (κ3) is 2.13. The molecule has 0 bridgehead atoms. The van der Waals surface area contributed by atoms with Crippen molar-refractivity contribution in [3.8, 4) is 0 Å². The maximum absolute atomic E-state index is 3.69. The molecule has 1 nitrogen and oxygen atoms in total. The maximum Gasteiger partial charge on any atom is 0.0131 e. The normalized spacial score (nSPS) is 36.3. The molecule has 2 aliphatic carbocycles. The molecule has 0 aliphatic heterocycles. The molecule has 2 saturated carbocycles. The summed E-state index contributed by atoms with van der Waals surface area (Å²) in [6, 6.07) is 0.740. The summed E-state index contributed by atoms with van der Waals surface area (Å²) in [4.78, 5) is 0. The molecule has 0 aromatic rings. The van der Waals surface area contributed by atoms with Crippen LogP contribution in [-0.2, 0) is 0 Å². The minimum atomic E-state index is 0.514. The molecule has 0 aromatic heterocycles. The Bertz CT molecular complexity index is 278. The first-order valence-corrected chi connectivity index (χ1v) is 8.03. The van der Waals surface area contributed by atoms with Crippen LogP contribution in [0, 0.1) is 28.6 Å². The lowest BCUT2D eigenvalue weighted by atomic mass is 9.74. The van der Waals surface area contributed by atoms with Crippen molar-refractivity contribution in [2.45, 2.75) is 72.8 Å². The summed E-state index contributed by atoms with van der Waals surface area (Å²) >= 11 is 0. The van der Waals surface area contributed by atoms with E-state index in [0.29, 0.717) is 10.8 Å². The second-order valence-electron chi connectivity index (χ2n) is 7.94. The molecule has 3 atom stereocenters. The van der Waals surface area contributed by atoms with Crippen molar-refractivity contribution >= 4 is 0 Å². The van der Waals surface area contributed by atoms with Gasteiger partial charge in [0, 0.05) is 6.04 Å². The van der Waals surface area contributed by atoms with Crippen LogP contribution >= 0.6 is 0 Å². The molecule has 0 aromatic carbocycles. The molecule has 0 saturated heterocycles. The van der Waals surface area contributed by atoms with Gasteiger partial charge in [0.1, 0.15) is 0 Å². The minimum absolute atomic E-state index is 0.514. The molecule has 3 unspecified atom stereocenters.